The molecule has 0 aliphatic rings. The number of benzene rings is 2. The number of anilines is 2. The predicted molar refractivity (Wildman–Crippen MR) is 105 cm³/mol. The van der Waals surface area contributed by atoms with Crippen LogP contribution in [0.15, 0.2) is 48.5 Å². The zero-order valence-electron chi connectivity index (χ0n) is 15.6. The van der Waals surface area contributed by atoms with Gasteiger partial charge in [-0.2, -0.15) is 0 Å². The van der Waals surface area contributed by atoms with Gasteiger partial charge in [0.1, 0.15) is 6.10 Å². The zero-order valence-corrected chi connectivity index (χ0v) is 15.6. The fourth-order valence-electron chi connectivity index (χ4n) is 2.12. The van der Waals surface area contributed by atoms with Crippen molar-refractivity contribution in [3.63, 3.8) is 0 Å². The first kappa shape index (κ1) is 21.0. The van der Waals surface area contributed by atoms with E-state index in [1.54, 1.807) is 0 Å². The Hall–Kier alpha value is -2.08. The molecule has 0 heterocycles. The third-order valence-corrected chi connectivity index (χ3v) is 3.74. The van der Waals surface area contributed by atoms with Crippen molar-refractivity contribution in [2.24, 2.45) is 0 Å². The van der Waals surface area contributed by atoms with Gasteiger partial charge in [0.15, 0.2) is 0 Å². The lowest BCUT2D eigenvalue weighted by Crippen LogP contribution is -2.15. The first-order valence-corrected chi connectivity index (χ1v) is 8.29. The Kier molecular flexibility index (Phi) is 8.99. The molecule has 2 aromatic carbocycles. The van der Waals surface area contributed by atoms with Crippen molar-refractivity contribution in [3.8, 4) is 0 Å². The zero-order chi connectivity index (χ0) is 18.8. The van der Waals surface area contributed by atoms with Crippen molar-refractivity contribution < 1.29 is 15.3 Å². The lowest BCUT2D eigenvalue weighted by atomic mass is 10.0. The SMILES string of the molecule is CN(C)c1ccc(Cc2ccc(N(C)C)cc2)cc1.OCC(O)CO. The van der Waals surface area contributed by atoms with E-state index in [2.05, 4.69) is 86.5 Å². The van der Waals surface area contributed by atoms with E-state index in [1.807, 2.05) is 0 Å². The standard InChI is InChI=1S/C17H22N2.C3H8O3/c1-18(2)16-9-5-14(6-10-16)13-15-7-11-17(12-8-15)19(3)4;4-1-3(6)2-5/h5-12H,13H2,1-4H3;3-6H,1-2H2. The number of aliphatic hydroxyl groups is 3. The maximum atomic E-state index is 8.17. The van der Waals surface area contributed by atoms with Crippen LogP contribution in [-0.4, -0.2) is 62.8 Å². The molecule has 5 nitrogen and oxygen atoms in total. The van der Waals surface area contributed by atoms with E-state index in [-0.39, 0.29) is 13.2 Å². The van der Waals surface area contributed by atoms with Gasteiger partial charge in [0.25, 0.3) is 0 Å². The minimum atomic E-state index is -0.954. The van der Waals surface area contributed by atoms with E-state index in [4.69, 9.17) is 15.3 Å². The van der Waals surface area contributed by atoms with Crippen LogP contribution in [0.5, 0.6) is 0 Å². The Labute approximate surface area is 150 Å². The predicted octanol–water partition coefficient (Wildman–Crippen LogP) is 1.74. The average molecular weight is 346 g/mol. The highest BCUT2D eigenvalue weighted by molar-refractivity contribution is 5.48. The third kappa shape index (κ3) is 7.56. The molecule has 0 fully saturated rings. The van der Waals surface area contributed by atoms with Gasteiger partial charge in [0.05, 0.1) is 13.2 Å². The largest absolute Gasteiger partial charge is 0.394 e. The van der Waals surface area contributed by atoms with Crippen LogP contribution in [0.25, 0.3) is 0 Å². The summed E-state index contributed by atoms with van der Waals surface area (Å²) in [6.07, 6.45) is 0.0338. The summed E-state index contributed by atoms with van der Waals surface area (Å²) in [6.45, 7) is -0.729. The average Bonchev–Trinajstić information content (AvgIpc) is 2.62. The molecule has 0 radical (unpaired) electrons. The van der Waals surface area contributed by atoms with Gasteiger partial charge in [-0.15, -0.1) is 0 Å². The molecule has 0 saturated heterocycles. The molecule has 5 heteroatoms. The monoisotopic (exact) mass is 346 g/mol. The first-order chi connectivity index (χ1) is 11.9. The summed E-state index contributed by atoms with van der Waals surface area (Å²) in [6, 6.07) is 17.5. The van der Waals surface area contributed by atoms with Crippen LogP contribution in [0.3, 0.4) is 0 Å². The van der Waals surface area contributed by atoms with Crippen LogP contribution in [0.1, 0.15) is 11.1 Å². The fraction of sp³-hybridized carbons (Fsp3) is 0.400. The minimum Gasteiger partial charge on any atom is -0.394 e. The molecule has 0 spiro atoms. The summed E-state index contributed by atoms with van der Waals surface area (Å²) in [7, 11) is 8.26. The summed E-state index contributed by atoms with van der Waals surface area (Å²) in [5.74, 6) is 0. The fourth-order valence-corrected chi connectivity index (χ4v) is 2.12. The Morgan fingerprint density at radius 3 is 1.20 bits per heavy atom. The van der Waals surface area contributed by atoms with Crippen LogP contribution in [0.2, 0.25) is 0 Å². The molecule has 0 saturated carbocycles. The van der Waals surface area contributed by atoms with Gasteiger partial charge in [0, 0.05) is 39.6 Å². The molecule has 0 amide bonds. The quantitative estimate of drug-likeness (QED) is 0.743. The molecule has 0 aliphatic heterocycles. The second-order valence-electron chi connectivity index (χ2n) is 6.32. The van der Waals surface area contributed by atoms with Gasteiger partial charge in [-0.05, 0) is 41.8 Å². The Bertz CT molecular complexity index is 542. The van der Waals surface area contributed by atoms with Crippen molar-refractivity contribution >= 4 is 11.4 Å². The molecule has 0 aliphatic carbocycles. The van der Waals surface area contributed by atoms with Crippen LogP contribution in [0, 0.1) is 0 Å². The van der Waals surface area contributed by atoms with Crippen LogP contribution >= 0.6 is 0 Å². The summed E-state index contributed by atoms with van der Waals surface area (Å²) in [5.41, 5.74) is 5.19. The molecule has 0 unspecified atom stereocenters. The third-order valence-electron chi connectivity index (χ3n) is 3.74. The van der Waals surface area contributed by atoms with Gasteiger partial charge in [-0.3, -0.25) is 0 Å². The minimum absolute atomic E-state index is 0.365. The van der Waals surface area contributed by atoms with Gasteiger partial charge in [0.2, 0.25) is 0 Å². The van der Waals surface area contributed by atoms with E-state index in [0.29, 0.717) is 0 Å². The summed E-state index contributed by atoms with van der Waals surface area (Å²) in [4.78, 5) is 4.24. The number of nitrogens with zero attached hydrogens (tertiary/aromatic N) is 2. The summed E-state index contributed by atoms with van der Waals surface area (Å²) in [5, 5.41) is 24.0. The van der Waals surface area contributed by atoms with E-state index >= 15 is 0 Å². The maximum Gasteiger partial charge on any atom is 0.100 e. The molecular weight excluding hydrogens is 316 g/mol. The van der Waals surface area contributed by atoms with E-state index in [9.17, 15) is 0 Å². The molecule has 2 aromatic rings. The van der Waals surface area contributed by atoms with Crippen LogP contribution in [-0.2, 0) is 6.42 Å². The first-order valence-electron chi connectivity index (χ1n) is 8.29. The highest BCUT2D eigenvalue weighted by Crippen LogP contribution is 2.17. The molecule has 0 aromatic heterocycles. The molecule has 0 atom stereocenters. The van der Waals surface area contributed by atoms with Gasteiger partial charge in [-0.25, -0.2) is 0 Å². The lowest BCUT2D eigenvalue weighted by molar-refractivity contribution is 0.0450. The second-order valence-corrected chi connectivity index (χ2v) is 6.32. The second kappa shape index (κ2) is 10.7. The molecular formula is C20H30N2O3. The topological polar surface area (TPSA) is 67.2 Å². The Morgan fingerprint density at radius 1 is 0.680 bits per heavy atom. The van der Waals surface area contributed by atoms with E-state index < -0.39 is 6.10 Å². The maximum absolute atomic E-state index is 8.17. The normalized spacial score (nSPS) is 10.2. The van der Waals surface area contributed by atoms with Crippen molar-refractivity contribution in [3.05, 3.63) is 59.7 Å². The molecule has 138 valence electrons. The Morgan fingerprint density at radius 2 is 1.00 bits per heavy atom. The number of hydrogen-bond acceptors (Lipinski definition) is 5. The molecule has 0 bridgehead atoms. The molecule has 2 rings (SSSR count). The Balaban J connectivity index is 0.000000450. The van der Waals surface area contributed by atoms with Crippen molar-refractivity contribution in [1.82, 2.24) is 0 Å². The van der Waals surface area contributed by atoms with Gasteiger partial charge in [-0.1, -0.05) is 24.3 Å². The molecule has 25 heavy (non-hydrogen) atoms. The highest BCUT2D eigenvalue weighted by atomic mass is 16.3. The number of aliphatic hydroxyl groups excluding tert-OH is 3. The smallest absolute Gasteiger partial charge is 0.100 e. The van der Waals surface area contributed by atoms with Crippen molar-refractivity contribution in [2.75, 3.05) is 51.2 Å². The highest BCUT2D eigenvalue weighted by Gasteiger charge is 2.00. The summed E-state index contributed by atoms with van der Waals surface area (Å²) < 4.78 is 0. The van der Waals surface area contributed by atoms with Crippen molar-refractivity contribution in [2.45, 2.75) is 12.5 Å². The molecule has 3 N–H and O–H groups in total. The van der Waals surface area contributed by atoms with Crippen molar-refractivity contribution in [1.29, 1.82) is 0 Å². The number of rotatable bonds is 6. The van der Waals surface area contributed by atoms with E-state index in [0.717, 1.165) is 6.42 Å². The number of hydrogen-bond donors (Lipinski definition) is 3. The van der Waals surface area contributed by atoms with Gasteiger partial charge >= 0.3 is 0 Å². The van der Waals surface area contributed by atoms with Gasteiger partial charge < -0.3 is 25.1 Å². The lowest BCUT2D eigenvalue weighted by Gasteiger charge is -2.14. The van der Waals surface area contributed by atoms with E-state index in [1.165, 1.54) is 22.5 Å². The van der Waals surface area contributed by atoms with Crippen LogP contribution < -0.4 is 9.80 Å². The summed E-state index contributed by atoms with van der Waals surface area (Å²) >= 11 is 0. The van der Waals surface area contributed by atoms with Crippen LogP contribution in [0.4, 0.5) is 11.4 Å².